The van der Waals surface area contributed by atoms with Crippen LogP contribution in [0.1, 0.15) is 75.1 Å². The van der Waals surface area contributed by atoms with E-state index in [2.05, 4.69) is 17.6 Å². The number of hydrogen-bond acceptors (Lipinski definition) is 3. The molecule has 6 nitrogen and oxygen atoms in total. The van der Waals surface area contributed by atoms with Gasteiger partial charge in [0.2, 0.25) is 11.8 Å². The highest BCUT2D eigenvalue weighted by Crippen LogP contribution is 2.19. The third kappa shape index (κ3) is 7.87. The van der Waals surface area contributed by atoms with Crippen molar-refractivity contribution in [2.24, 2.45) is 0 Å². The van der Waals surface area contributed by atoms with Crippen molar-refractivity contribution in [3.8, 4) is 0 Å². The van der Waals surface area contributed by atoms with Gasteiger partial charge in [-0.25, -0.2) is 0 Å². The summed E-state index contributed by atoms with van der Waals surface area (Å²) in [5, 5.41) is 5.77. The van der Waals surface area contributed by atoms with Crippen LogP contribution in [0.25, 0.3) is 0 Å². The van der Waals surface area contributed by atoms with Gasteiger partial charge in [-0.2, -0.15) is 0 Å². The van der Waals surface area contributed by atoms with Gasteiger partial charge in [0, 0.05) is 31.6 Å². The number of likely N-dealkylation sites (tertiary alicyclic amines) is 1. The summed E-state index contributed by atoms with van der Waals surface area (Å²) in [5.41, 5.74) is 0.631. The average molecular weight is 402 g/mol. The molecule has 0 aliphatic carbocycles. The monoisotopic (exact) mass is 401 g/mol. The minimum Gasteiger partial charge on any atom is -0.354 e. The first-order chi connectivity index (χ1) is 14.1. The molecule has 0 unspecified atom stereocenters. The Morgan fingerprint density at radius 3 is 2.45 bits per heavy atom. The summed E-state index contributed by atoms with van der Waals surface area (Å²) in [6, 6.07) is 8.73. The second-order valence-electron chi connectivity index (χ2n) is 7.68. The van der Waals surface area contributed by atoms with E-state index in [9.17, 15) is 14.4 Å². The standard InChI is InChI=1S/C23H35N3O3/c1-2-3-4-5-9-15-21(27)26-18-10-14-20(26)23(29)25-17-11-16-24-22(28)19-12-7-6-8-13-19/h6-8,12-13,20H,2-5,9-11,14-18H2,1H3,(H,24,28)(H,25,29)/t20-/m1/s1. The molecule has 29 heavy (non-hydrogen) atoms. The highest BCUT2D eigenvalue weighted by molar-refractivity contribution is 5.94. The average Bonchev–Trinajstić information content (AvgIpc) is 3.24. The van der Waals surface area contributed by atoms with Gasteiger partial charge in [-0.3, -0.25) is 14.4 Å². The molecule has 0 bridgehead atoms. The molecule has 2 N–H and O–H groups in total. The Balaban J connectivity index is 1.63. The maximum Gasteiger partial charge on any atom is 0.251 e. The Hall–Kier alpha value is -2.37. The first-order valence-electron chi connectivity index (χ1n) is 11.0. The van der Waals surface area contributed by atoms with Crippen LogP contribution in [0, 0.1) is 0 Å². The number of unbranched alkanes of at least 4 members (excludes halogenated alkanes) is 4. The zero-order chi connectivity index (χ0) is 20.9. The van der Waals surface area contributed by atoms with Crippen LogP contribution in [0.2, 0.25) is 0 Å². The van der Waals surface area contributed by atoms with Crippen molar-refractivity contribution in [3.63, 3.8) is 0 Å². The lowest BCUT2D eigenvalue weighted by atomic mass is 10.1. The SMILES string of the molecule is CCCCCCCC(=O)N1CCC[C@@H]1C(=O)NCCCNC(=O)c1ccccc1. The maximum atomic E-state index is 12.5. The van der Waals surface area contributed by atoms with E-state index in [-0.39, 0.29) is 23.8 Å². The molecular weight excluding hydrogens is 366 g/mol. The molecule has 1 aliphatic heterocycles. The topological polar surface area (TPSA) is 78.5 Å². The second-order valence-corrected chi connectivity index (χ2v) is 7.68. The van der Waals surface area contributed by atoms with Crippen molar-refractivity contribution >= 4 is 17.7 Å². The van der Waals surface area contributed by atoms with E-state index in [1.54, 1.807) is 17.0 Å². The summed E-state index contributed by atoms with van der Waals surface area (Å²) >= 11 is 0. The van der Waals surface area contributed by atoms with Crippen LogP contribution in [0.4, 0.5) is 0 Å². The number of carbonyl (C=O) groups excluding carboxylic acids is 3. The van der Waals surface area contributed by atoms with Crippen LogP contribution in [0.5, 0.6) is 0 Å². The lowest BCUT2D eigenvalue weighted by Gasteiger charge is -2.24. The van der Waals surface area contributed by atoms with E-state index < -0.39 is 0 Å². The highest BCUT2D eigenvalue weighted by atomic mass is 16.2. The van der Waals surface area contributed by atoms with Crippen molar-refractivity contribution in [3.05, 3.63) is 35.9 Å². The molecule has 1 aromatic carbocycles. The Bertz CT molecular complexity index is 648. The normalized spacial score (nSPS) is 15.9. The molecule has 0 radical (unpaired) electrons. The molecule has 2 rings (SSSR count). The Morgan fingerprint density at radius 1 is 0.966 bits per heavy atom. The predicted octanol–water partition coefficient (Wildman–Crippen LogP) is 3.27. The van der Waals surface area contributed by atoms with Crippen molar-refractivity contribution in [1.29, 1.82) is 0 Å². The van der Waals surface area contributed by atoms with Crippen molar-refractivity contribution in [2.75, 3.05) is 19.6 Å². The highest BCUT2D eigenvalue weighted by Gasteiger charge is 2.33. The lowest BCUT2D eigenvalue weighted by molar-refractivity contribution is -0.138. The molecule has 1 heterocycles. The summed E-state index contributed by atoms with van der Waals surface area (Å²) in [6.45, 7) is 3.84. The van der Waals surface area contributed by atoms with Gasteiger partial charge >= 0.3 is 0 Å². The number of hydrogen-bond donors (Lipinski definition) is 2. The molecule has 160 valence electrons. The molecule has 1 fully saturated rings. The predicted molar refractivity (Wildman–Crippen MR) is 115 cm³/mol. The summed E-state index contributed by atoms with van der Waals surface area (Å²) in [5.74, 6) is -0.0751. The molecule has 6 heteroatoms. The zero-order valence-corrected chi connectivity index (χ0v) is 17.6. The van der Waals surface area contributed by atoms with E-state index in [0.29, 0.717) is 38.0 Å². The van der Waals surface area contributed by atoms with Gasteiger partial charge in [-0.05, 0) is 37.8 Å². The molecular formula is C23H35N3O3. The summed E-state index contributed by atoms with van der Waals surface area (Å²) in [4.78, 5) is 38.7. The van der Waals surface area contributed by atoms with Gasteiger partial charge in [-0.1, -0.05) is 50.8 Å². The largest absolute Gasteiger partial charge is 0.354 e. The molecule has 1 saturated heterocycles. The van der Waals surface area contributed by atoms with E-state index in [0.717, 1.165) is 25.7 Å². The number of carbonyl (C=O) groups is 3. The Morgan fingerprint density at radius 2 is 1.69 bits per heavy atom. The van der Waals surface area contributed by atoms with Crippen LogP contribution >= 0.6 is 0 Å². The van der Waals surface area contributed by atoms with Crippen LogP contribution in [-0.4, -0.2) is 48.3 Å². The number of amides is 3. The van der Waals surface area contributed by atoms with Gasteiger partial charge in [0.1, 0.15) is 6.04 Å². The first-order valence-corrected chi connectivity index (χ1v) is 11.0. The minimum absolute atomic E-state index is 0.0729. The fraction of sp³-hybridized carbons (Fsp3) is 0.609. The quantitative estimate of drug-likeness (QED) is 0.528. The first kappa shape index (κ1) is 22.9. The Kier molecular flexibility index (Phi) is 10.2. The third-order valence-corrected chi connectivity index (χ3v) is 5.34. The molecule has 0 spiro atoms. The smallest absolute Gasteiger partial charge is 0.251 e. The van der Waals surface area contributed by atoms with Gasteiger partial charge < -0.3 is 15.5 Å². The molecule has 1 atom stereocenters. The van der Waals surface area contributed by atoms with Gasteiger partial charge in [0.15, 0.2) is 0 Å². The van der Waals surface area contributed by atoms with E-state index in [4.69, 9.17) is 0 Å². The van der Waals surface area contributed by atoms with Gasteiger partial charge in [0.05, 0.1) is 0 Å². The fourth-order valence-electron chi connectivity index (χ4n) is 3.67. The second kappa shape index (κ2) is 13.0. The number of rotatable bonds is 12. The molecule has 1 aliphatic rings. The van der Waals surface area contributed by atoms with Crippen LogP contribution < -0.4 is 10.6 Å². The van der Waals surface area contributed by atoms with Crippen molar-refractivity contribution in [2.45, 2.75) is 70.8 Å². The van der Waals surface area contributed by atoms with Gasteiger partial charge in [0.25, 0.3) is 5.91 Å². The minimum atomic E-state index is -0.336. The van der Waals surface area contributed by atoms with Crippen LogP contribution in [-0.2, 0) is 9.59 Å². The summed E-state index contributed by atoms with van der Waals surface area (Å²) in [6.07, 6.45) is 8.39. The third-order valence-electron chi connectivity index (χ3n) is 5.34. The van der Waals surface area contributed by atoms with Crippen LogP contribution in [0.3, 0.4) is 0 Å². The Labute approximate surface area is 174 Å². The van der Waals surface area contributed by atoms with Gasteiger partial charge in [-0.15, -0.1) is 0 Å². The maximum absolute atomic E-state index is 12.5. The van der Waals surface area contributed by atoms with E-state index in [1.165, 1.54) is 19.3 Å². The lowest BCUT2D eigenvalue weighted by Crippen LogP contribution is -2.46. The fourth-order valence-corrected chi connectivity index (χ4v) is 3.67. The zero-order valence-electron chi connectivity index (χ0n) is 17.6. The molecule has 3 amide bonds. The van der Waals surface area contributed by atoms with Crippen LogP contribution in [0.15, 0.2) is 30.3 Å². The van der Waals surface area contributed by atoms with Crippen molar-refractivity contribution in [1.82, 2.24) is 15.5 Å². The molecule has 0 aromatic heterocycles. The number of nitrogens with one attached hydrogen (secondary N) is 2. The number of benzene rings is 1. The molecule has 1 aromatic rings. The number of nitrogens with zero attached hydrogens (tertiary/aromatic N) is 1. The molecule has 0 saturated carbocycles. The van der Waals surface area contributed by atoms with E-state index in [1.807, 2.05) is 18.2 Å². The summed E-state index contributed by atoms with van der Waals surface area (Å²) < 4.78 is 0. The summed E-state index contributed by atoms with van der Waals surface area (Å²) in [7, 11) is 0. The van der Waals surface area contributed by atoms with Crippen molar-refractivity contribution < 1.29 is 14.4 Å². The van der Waals surface area contributed by atoms with E-state index >= 15 is 0 Å².